The number of para-hydroxylation sites is 1. The molecule has 3 rings (SSSR count). The lowest BCUT2D eigenvalue weighted by Gasteiger charge is -2.26. The first kappa shape index (κ1) is 10.5. The van der Waals surface area contributed by atoms with E-state index in [0.29, 0.717) is 6.04 Å². The number of nitrogens with zero attached hydrogens (tertiary/aromatic N) is 1. The molecule has 88 valence electrons. The Kier molecular flexibility index (Phi) is 2.87. The number of anilines is 1. The van der Waals surface area contributed by atoms with Crippen LogP contribution in [-0.4, -0.2) is 12.6 Å². The first-order chi connectivity index (χ1) is 8.43. The van der Waals surface area contributed by atoms with Gasteiger partial charge in [-0.1, -0.05) is 18.2 Å². The lowest BCUT2D eigenvalue weighted by molar-refractivity contribution is 0.483. The van der Waals surface area contributed by atoms with Crippen molar-refractivity contribution in [2.24, 2.45) is 0 Å². The van der Waals surface area contributed by atoms with Crippen molar-refractivity contribution in [2.45, 2.75) is 25.3 Å². The van der Waals surface area contributed by atoms with E-state index in [1.807, 2.05) is 6.07 Å². The number of hydrogen-bond donors (Lipinski definition) is 0. The predicted molar refractivity (Wildman–Crippen MR) is 69.2 cm³/mol. The van der Waals surface area contributed by atoms with E-state index in [1.54, 1.807) is 6.26 Å². The molecule has 1 aromatic carbocycles. The molecule has 2 aromatic rings. The molecule has 1 aliphatic rings. The maximum atomic E-state index is 5.45. The van der Waals surface area contributed by atoms with Crippen molar-refractivity contribution in [1.82, 2.24) is 0 Å². The average molecular weight is 227 g/mol. The molecule has 1 atom stereocenters. The molecule has 1 aliphatic heterocycles. The van der Waals surface area contributed by atoms with Crippen molar-refractivity contribution in [3.8, 4) is 0 Å². The minimum atomic E-state index is 0.587. The Balaban J connectivity index is 1.76. The fourth-order valence-electron chi connectivity index (χ4n) is 2.67. The zero-order valence-electron chi connectivity index (χ0n) is 9.88. The van der Waals surface area contributed by atoms with E-state index in [1.165, 1.54) is 18.5 Å². The SMILES string of the molecule is c1ccc(N2CCC[C@@H]2Cc2ccco2)cc1. The summed E-state index contributed by atoms with van der Waals surface area (Å²) in [5.74, 6) is 1.10. The highest BCUT2D eigenvalue weighted by Gasteiger charge is 2.25. The summed E-state index contributed by atoms with van der Waals surface area (Å²) in [6, 6.07) is 15.3. The first-order valence-electron chi connectivity index (χ1n) is 6.27. The second kappa shape index (κ2) is 4.66. The van der Waals surface area contributed by atoms with Gasteiger partial charge in [0.25, 0.3) is 0 Å². The number of hydrogen-bond acceptors (Lipinski definition) is 2. The number of rotatable bonds is 3. The van der Waals surface area contributed by atoms with Gasteiger partial charge in [0.2, 0.25) is 0 Å². The van der Waals surface area contributed by atoms with E-state index in [4.69, 9.17) is 4.42 Å². The summed E-state index contributed by atoms with van der Waals surface area (Å²) in [4.78, 5) is 2.50. The summed E-state index contributed by atoms with van der Waals surface area (Å²) in [5, 5.41) is 0. The molecule has 0 N–H and O–H groups in total. The highest BCUT2D eigenvalue weighted by Crippen LogP contribution is 2.27. The van der Waals surface area contributed by atoms with Crippen LogP contribution in [0, 0.1) is 0 Å². The van der Waals surface area contributed by atoms with Gasteiger partial charge in [0, 0.05) is 24.7 Å². The summed E-state index contributed by atoms with van der Waals surface area (Å²) >= 11 is 0. The van der Waals surface area contributed by atoms with Gasteiger partial charge < -0.3 is 9.32 Å². The molecule has 0 aliphatic carbocycles. The van der Waals surface area contributed by atoms with Crippen molar-refractivity contribution < 1.29 is 4.42 Å². The fourth-order valence-corrected chi connectivity index (χ4v) is 2.67. The smallest absolute Gasteiger partial charge is 0.105 e. The van der Waals surface area contributed by atoms with Crippen LogP contribution < -0.4 is 4.90 Å². The Morgan fingerprint density at radius 3 is 2.76 bits per heavy atom. The molecule has 2 nitrogen and oxygen atoms in total. The summed E-state index contributed by atoms with van der Waals surface area (Å²) in [7, 11) is 0. The molecule has 0 spiro atoms. The summed E-state index contributed by atoms with van der Waals surface area (Å²) in [5.41, 5.74) is 1.33. The van der Waals surface area contributed by atoms with Crippen molar-refractivity contribution in [1.29, 1.82) is 0 Å². The van der Waals surface area contributed by atoms with Crippen molar-refractivity contribution >= 4 is 5.69 Å². The third kappa shape index (κ3) is 2.21. The Morgan fingerprint density at radius 2 is 2.00 bits per heavy atom. The third-order valence-corrected chi connectivity index (χ3v) is 3.48. The monoisotopic (exact) mass is 227 g/mol. The third-order valence-electron chi connectivity index (χ3n) is 3.48. The van der Waals surface area contributed by atoms with Gasteiger partial charge in [-0.15, -0.1) is 0 Å². The average Bonchev–Trinajstić information content (AvgIpc) is 3.02. The zero-order valence-corrected chi connectivity index (χ0v) is 9.88. The van der Waals surface area contributed by atoms with Crippen molar-refractivity contribution in [3.63, 3.8) is 0 Å². The summed E-state index contributed by atoms with van der Waals surface area (Å²) < 4.78 is 5.45. The Morgan fingerprint density at radius 1 is 1.12 bits per heavy atom. The molecule has 0 radical (unpaired) electrons. The standard InChI is InChI=1S/C15H17NO/c1-2-6-13(7-3-1)16-10-4-8-14(16)12-15-9-5-11-17-15/h1-3,5-7,9,11,14H,4,8,10,12H2/t14-/m1/s1. The fraction of sp³-hybridized carbons (Fsp3) is 0.333. The van der Waals surface area contributed by atoms with Crippen LogP contribution in [-0.2, 0) is 6.42 Å². The van der Waals surface area contributed by atoms with Crippen LogP contribution in [0.1, 0.15) is 18.6 Å². The normalized spacial score (nSPS) is 19.8. The van der Waals surface area contributed by atoms with Crippen LogP contribution in [0.3, 0.4) is 0 Å². The molecule has 0 saturated carbocycles. The molecule has 2 heterocycles. The molecule has 1 saturated heterocycles. The van der Waals surface area contributed by atoms with Gasteiger partial charge >= 0.3 is 0 Å². The Labute approximate surface area is 102 Å². The van der Waals surface area contributed by atoms with E-state index in [2.05, 4.69) is 41.3 Å². The molecule has 1 aromatic heterocycles. The molecular formula is C15H17NO. The molecule has 0 bridgehead atoms. The van der Waals surface area contributed by atoms with Crippen LogP contribution >= 0.6 is 0 Å². The predicted octanol–water partition coefficient (Wildman–Crippen LogP) is 3.49. The summed E-state index contributed by atoms with van der Waals surface area (Å²) in [6.45, 7) is 1.16. The summed E-state index contributed by atoms with van der Waals surface area (Å²) in [6.07, 6.45) is 5.31. The molecule has 0 amide bonds. The molecule has 17 heavy (non-hydrogen) atoms. The first-order valence-corrected chi connectivity index (χ1v) is 6.27. The quantitative estimate of drug-likeness (QED) is 0.798. The molecule has 1 fully saturated rings. The van der Waals surface area contributed by atoms with Gasteiger partial charge in [0.05, 0.1) is 6.26 Å². The van der Waals surface area contributed by atoms with E-state index in [9.17, 15) is 0 Å². The van der Waals surface area contributed by atoms with Gasteiger partial charge in [-0.2, -0.15) is 0 Å². The van der Waals surface area contributed by atoms with Crippen molar-refractivity contribution in [2.75, 3.05) is 11.4 Å². The van der Waals surface area contributed by atoms with Crippen LogP contribution in [0.2, 0.25) is 0 Å². The highest BCUT2D eigenvalue weighted by atomic mass is 16.3. The van der Waals surface area contributed by atoms with E-state index in [0.717, 1.165) is 18.7 Å². The Hall–Kier alpha value is -1.70. The zero-order chi connectivity index (χ0) is 11.5. The molecule has 2 heteroatoms. The van der Waals surface area contributed by atoms with Gasteiger partial charge in [-0.05, 0) is 37.1 Å². The van der Waals surface area contributed by atoms with Crippen LogP contribution in [0.25, 0.3) is 0 Å². The van der Waals surface area contributed by atoms with Gasteiger partial charge in [0.1, 0.15) is 5.76 Å². The maximum absolute atomic E-state index is 5.45. The highest BCUT2D eigenvalue weighted by molar-refractivity contribution is 5.48. The number of benzene rings is 1. The second-order valence-electron chi connectivity index (χ2n) is 4.61. The van der Waals surface area contributed by atoms with E-state index >= 15 is 0 Å². The molecule has 0 unspecified atom stereocenters. The van der Waals surface area contributed by atoms with Crippen LogP contribution in [0.15, 0.2) is 53.1 Å². The van der Waals surface area contributed by atoms with Gasteiger partial charge in [-0.25, -0.2) is 0 Å². The van der Waals surface area contributed by atoms with Crippen molar-refractivity contribution in [3.05, 3.63) is 54.5 Å². The van der Waals surface area contributed by atoms with E-state index < -0.39 is 0 Å². The molecular weight excluding hydrogens is 210 g/mol. The van der Waals surface area contributed by atoms with E-state index in [-0.39, 0.29) is 0 Å². The minimum absolute atomic E-state index is 0.587. The Bertz CT molecular complexity index is 449. The topological polar surface area (TPSA) is 16.4 Å². The van der Waals surface area contributed by atoms with Gasteiger partial charge in [0.15, 0.2) is 0 Å². The largest absolute Gasteiger partial charge is 0.469 e. The second-order valence-corrected chi connectivity index (χ2v) is 4.61. The number of furan rings is 1. The van der Waals surface area contributed by atoms with Gasteiger partial charge in [-0.3, -0.25) is 0 Å². The van der Waals surface area contributed by atoms with Crippen LogP contribution in [0.4, 0.5) is 5.69 Å². The maximum Gasteiger partial charge on any atom is 0.105 e. The lowest BCUT2D eigenvalue weighted by Crippen LogP contribution is -2.30. The lowest BCUT2D eigenvalue weighted by atomic mass is 10.1. The minimum Gasteiger partial charge on any atom is -0.469 e. The van der Waals surface area contributed by atoms with Crippen LogP contribution in [0.5, 0.6) is 0 Å².